The van der Waals surface area contributed by atoms with Gasteiger partial charge in [-0.25, -0.2) is 13.9 Å². The minimum atomic E-state index is -0.705. The van der Waals surface area contributed by atoms with E-state index in [9.17, 15) is 19.2 Å². The van der Waals surface area contributed by atoms with E-state index in [0.29, 0.717) is 38.3 Å². The molecule has 0 spiro atoms. The Morgan fingerprint density at radius 2 is 1.85 bits per heavy atom. The minimum Gasteiger partial charge on any atom is -0.444 e. The van der Waals surface area contributed by atoms with Crippen molar-refractivity contribution in [3.05, 3.63) is 70.8 Å². The number of carbonyl (C=O) groups is 2. The molecule has 0 N–H and O–H groups in total. The number of fused-ring (bicyclic) bond motifs is 1. The van der Waals surface area contributed by atoms with Crippen molar-refractivity contribution < 1.29 is 18.7 Å². The number of rotatable bonds is 4. The van der Waals surface area contributed by atoms with Gasteiger partial charge in [0, 0.05) is 38.8 Å². The summed E-state index contributed by atoms with van der Waals surface area (Å²) in [5.41, 5.74) is 2.20. The number of hydrogen-bond acceptors (Lipinski definition) is 8. The number of amides is 2. The molecule has 5 rings (SSSR count). The first-order valence-electron chi connectivity index (χ1n) is 13.6. The molecule has 2 atom stereocenters. The summed E-state index contributed by atoms with van der Waals surface area (Å²) in [6, 6.07) is 11.9. The molecule has 1 aromatic heterocycles. The topological polar surface area (TPSA) is 120 Å². The van der Waals surface area contributed by atoms with Gasteiger partial charge in [-0.05, 0) is 73.0 Å². The predicted molar refractivity (Wildman–Crippen MR) is 146 cm³/mol. The quantitative estimate of drug-likeness (QED) is 0.478. The first-order valence-corrected chi connectivity index (χ1v) is 13.6. The lowest BCUT2D eigenvalue weighted by Crippen LogP contribution is -2.64. The Morgan fingerprint density at radius 3 is 2.51 bits per heavy atom. The van der Waals surface area contributed by atoms with Crippen LogP contribution in [0.2, 0.25) is 0 Å². The van der Waals surface area contributed by atoms with Gasteiger partial charge in [-0.1, -0.05) is 18.2 Å². The molecular formula is C29H33FN8O3. The second-order valence-corrected chi connectivity index (χ2v) is 11.5. The molecule has 0 radical (unpaired) electrons. The molecule has 3 heterocycles. The summed E-state index contributed by atoms with van der Waals surface area (Å²) < 4.78 is 21.6. The molecule has 3 aromatic rings. The van der Waals surface area contributed by atoms with E-state index in [1.165, 1.54) is 12.4 Å². The maximum Gasteiger partial charge on any atom is 0.410 e. The van der Waals surface area contributed by atoms with Gasteiger partial charge >= 0.3 is 6.09 Å². The summed E-state index contributed by atoms with van der Waals surface area (Å²) in [7, 11) is 0. The zero-order valence-corrected chi connectivity index (χ0v) is 23.6. The molecule has 0 unspecified atom stereocenters. The van der Waals surface area contributed by atoms with Crippen LogP contribution in [0, 0.1) is 24.1 Å². The van der Waals surface area contributed by atoms with Gasteiger partial charge in [-0.2, -0.15) is 5.26 Å². The predicted octanol–water partition coefficient (Wildman–Crippen LogP) is 3.03. The number of hydrogen-bond donors (Lipinski definition) is 0. The van der Waals surface area contributed by atoms with Crippen LogP contribution in [0.1, 0.15) is 49.1 Å². The van der Waals surface area contributed by atoms with Crippen molar-refractivity contribution in [2.75, 3.05) is 32.7 Å². The highest BCUT2D eigenvalue weighted by molar-refractivity contribution is 5.79. The fourth-order valence-electron chi connectivity index (χ4n) is 5.52. The molecule has 2 aromatic carbocycles. The van der Waals surface area contributed by atoms with Gasteiger partial charge in [0.2, 0.25) is 5.91 Å². The molecule has 2 aliphatic rings. The maximum atomic E-state index is 14.3. The fraction of sp³-hybridized carbons (Fsp3) is 0.448. The van der Waals surface area contributed by atoms with Crippen molar-refractivity contribution in [1.29, 1.82) is 5.26 Å². The molecule has 2 saturated heterocycles. The van der Waals surface area contributed by atoms with Gasteiger partial charge < -0.3 is 9.64 Å². The molecule has 2 aliphatic heterocycles. The maximum absolute atomic E-state index is 14.3. The Morgan fingerprint density at radius 1 is 1.10 bits per heavy atom. The van der Waals surface area contributed by atoms with E-state index >= 15 is 0 Å². The van der Waals surface area contributed by atoms with Gasteiger partial charge in [0.05, 0.1) is 23.7 Å². The summed E-state index contributed by atoms with van der Waals surface area (Å²) in [6.45, 7) is 9.63. The number of ether oxygens (including phenoxy) is 1. The van der Waals surface area contributed by atoms with Gasteiger partial charge in [0.25, 0.3) is 0 Å². The van der Waals surface area contributed by atoms with Crippen molar-refractivity contribution in [2.24, 2.45) is 0 Å². The van der Waals surface area contributed by atoms with E-state index in [0.717, 1.165) is 16.8 Å². The normalized spacial score (nSPS) is 19.4. The van der Waals surface area contributed by atoms with Crippen LogP contribution in [-0.4, -0.2) is 91.3 Å². The van der Waals surface area contributed by atoms with Crippen LogP contribution in [0.15, 0.2) is 42.7 Å². The van der Waals surface area contributed by atoms with Crippen molar-refractivity contribution in [3.63, 3.8) is 0 Å². The van der Waals surface area contributed by atoms with E-state index in [-0.39, 0.29) is 23.9 Å². The van der Waals surface area contributed by atoms with Gasteiger partial charge in [-0.3, -0.25) is 14.6 Å². The zero-order valence-electron chi connectivity index (χ0n) is 23.6. The Labute approximate surface area is 238 Å². The average molecular weight is 561 g/mol. The molecular weight excluding hydrogens is 527 g/mol. The largest absolute Gasteiger partial charge is 0.444 e. The molecule has 12 heteroatoms. The first kappa shape index (κ1) is 28.2. The number of carbonyl (C=O) groups excluding carboxylic acids is 2. The van der Waals surface area contributed by atoms with Crippen molar-refractivity contribution in [1.82, 2.24) is 34.9 Å². The average Bonchev–Trinajstić information content (AvgIpc) is 3.47. The van der Waals surface area contributed by atoms with Crippen molar-refractivity contribution in [2.45, 2.75) is 51.8 Å². The first-order chi connectivity index (χ1) is 19.5. The highest BCUT2D eigenvalue weighted by atomic mass is 19.1. The number of nitrogens with zero attached hydrogens (tertiary/aromatic N) is 8. The highest BCUT2D eigenvalue weighted by Crippen LogP contribution is 2.34. The molecule has 11 nitrogen and oxygen atoms in total. The monoisotopic (exact) mass is 560 g/mol. The van der Waals surface area contributed by atoms with E-state index in [2.05, 4.69) is 20.4 Å². The summed E-state index contributed by atoms with van der Waals surface area (Å²) >= 11 is 0. The fourth-order valence-corrected chi connectivity index (χ4v) is 5.52. The Kier molecular flexibility index (Phi) is 7.73. The van der Waals surface area contributed by atoms with Crippen LogP contribution >= 0.6 is 0 Å². The number of halogens is 1. The molecule has 0 saturated carbocycles. The van der Waals surface area contributed by atoms with Gasteiger partial charge in [-0.15, -0.1) is 5.10 Å². The molecule has 214 valence electrons. The summed E-state index contributed by atoms with van der Waals surface area (Å²) in [5, 5.41) is 20.7. The number of benzene rings is 2. The van der Waals surface area contributed by atoms with Crippen LogP contribution in [0.25, 0.3) is 5.69 Å². The lowest BCUT2D eigenvalue weighted by atomic mass is 9.92. The second kappa shape index (κ2) is 11.2. The number of piperazine rings is 2. The van der Waals surface area contributed by atoms with Crippen LogP contribution in [-0.2, 0) is 16.0 Å². The zero-order chi connectivity index (χ0) is 29.3. The lowest BCUT2D eigenvalue weighted by molar-refractivity contribution is -0.135. The Balaban J connectivity index is 1.32. The van der Waals surface area contributed by atoms with E-state index < -0.39 is 23.6 Å². The summed E-state index contributed by atoms with van der Waals surface area (Å²) in [4.78, 5) is 32.5. The molecule has 41 heavy (non-hydrogen) atoms. The molecule has 2 amide bonds. The van der Waals surface area contributed by atoms with Crippen molar-refractivity contribution in [3.8, 4) is 11.8 Å². The standard InChI is InChI=1S/C29H33FN8O3/c1-19-23(9-10-25(30)24(19)14-31)26-17-35-11-12-36(15-22(35)16-37(26)28(40)41-29(2,3)4)27(39)13-20-5-7-21(8-6-20)38-18-32-33-34-38/h5-10,18,22,26H,11-13,15-17H2,1-4H3/t22-,26-/m0/s1. The lowest BCUT2D eigenvalue weighted by Gasteiger charge is -2.50. The third-order valence-electron chi connectivity index (χ3n) is 7.61. The van der Waals surface area contributed by atoms with E-state index in [1.807, 2.05) is 56.0 Å². The van der Waals surface area contributed by atoms with E-state index in [1.54, 1.807) is 22.6 Å². The highest BCUT2D eigenvalue weighted by Gasteiger charge is 2.42. The number of nitriles is 1. The van der Waals surface area contributed by atoms with Crippen LogP contribution in [0.3, 0.4) is 0 Å². The van der Waals surface area contributed by atoms with Crippen LogP contribution in [0.5, 0.6) is 0 Å². The second-order valence-electron chi connectivity index (χ2n) is 11.5. The minimum absolute atomic E-state index is 0.0128. The summed E-state index contributed by atoms with van der Waals surface area (Å²) in [5.74, 6) is -0.567. The number of aromatic nitrogens is 4. The van der Waals surface area contributed by atoms with Crippen molar-refractivity contribution >= 4 is 12.0 Å². The Hall–Kier alpha value is -4.37. The van der Waals surface area contributed by atoms with Gasteiger partial charge in [0.1, 0.15) is 23.8 Å². The molecule has 0 aliphatic carbocycles. The third-order valence-corrected chi connectivity index (χ3v) is 7.61. The SMILES string of the molecule is Cc1c([C@@H]2CN3CCN(C(=O)Cc4ccc(-n5cnnn5)cc4)C[C@H]3CN2C(=O)OC(C)(C)C)ccc(F)c1C#N. The molecule has 0 bridgehead atoms. The third kappa shape index (κ3) is 6.05. The van der Waals surface area contributed by atoms with Crippen LogP contribution in [0.4, 0.5) is 9.18 Å². The molecule has 2 fully saturated rings. The van der Waals surface area contributed by atoms with Gasteiger partial charge in [0.15, 0.2) is 0 Å². The van der Waals surface area contributed by atoms with E-state index in [4.69, 9.17) is 4.74 Å². The smallest absolute Gasteiger partial charge is 0.410 e. The summed E-state index contributed by atoms with van der Waals surface area (Å²) in [6.07, 6.45) is 1.29. The Bertz CT molecular complexity index is 1460. The number of tetrazole rings is 1. The van der Waals surface area contributed by atoms with Crippen LogP contribution < -0.4 is 0 Å².